The van der Waals surface area contributed by atoms with Crippen molar-refractivity contribution in [1.29, 1.82) is 0 Å². The fourth-order valence-corrected chi connectivity index (χ4v) is 4.23. The molecule has 25 heavy (non-hydrogen) atoms. The lowest BCUT2D eigenvalue weighted by Crippen LogP contribution is -2.16. The van der Waals surface area contributed by atoms with Crippen LogP contribution in [0, 0.1) is 27.7 Å². The maximum absolute atomic E-state index is 12.8. The largest absolute Gasteiger partial charge is 0.465 e. The summed E-state index contributed by atoms with van der Waals surface area (Å²) < 4.78 is 11.1. The number of carbonyl (C=O) groups is 1. The van der Waals surface area contributed by atoms with Crippen LogP contribution in [0.4, 0.5) is 0 Å². The summed E-state index contributed by atoms with van der Waals surface area (Å²) in [5.41, 5.74) is 5.41. The van der Waals surface area contributed by atoms with Crippen LogP contribution in [0.2, 0.25) is 0 Å². The summed E-state index contributed by atoms with van der Waals surface area (Å²) in [7, 11) is 0.111. The summed E-state index contributed by atoms with van der Waals surface area (Å²) >= 11 is 0. The minimum absolute atomic E-state index is 0.111. The maximum atomic E-state index is 12.8. The van der Waals surface area contributed by atoms with Crippen molar-refractivity contribution in [3.63, 3.8) is 0 Å². The van der Waals surface area contributed by atoms with Crippen LogP contribution in [0.25, 0.3) is 0 Å². The Labute approximate surface area is 152 Å². The third-order valence-corrected chi connectivity index (χ3v) is 5.36. The Bertz CT molecular complexity index is 745. The van der Waals surface area contributed by atoms with Gasteiger partial charge in [-0.1, -0.05) is 23.8 Å². The summed E-state index contributed by atoms with van der Waals surface area (Å²) in [6.07, 6.45) is -0.280. The van der Waals surface area contributed by atoms with Crippen molar-refractivity contribution < 1.29 is 14.3 Å². The first-order valence-electron chi connectivity index (χ1n) is 8.60. The van der Waals surface area contributed by atoms with Crippen molar-refractivity contribution in [2.45, 2.75) is 47.8 Å². The van der Waals surface area contributed by atoms with Gasteiger partial charge in [-0.3, -0.25) is 4.79 Å². The lowest BCUT2D eigenvalue weighted by Gasteiger charge is -2.16. The van der Waals surface area contributed by atoms with Crippen molar-refractivity contribution in [3.05, 3.63) is 58.1 Å². The van der Waals surface area contributed by atoms with Crippen molar-refractivity contribution in [1.82, 2.24) is 0 Å². The molecule has 0 amide bonds. The van der Waals surface area contributed by atoms with E-state index in [1.54, 1.807) is 0 Å². The Hall–Kier alpha value is -1.70. The molecule has 2 aromatic carbocycles. The molecule has 2 atom stereocenters. The third kappa shape index (κ3) is 5.14. The molecule has 0 radical (unpaired) electrons. The second kappa shape index (κ2) is 8.60. The molecule has 2 rings (SSSR count). The molecule has 134 valence electrons. The summed E-state index contributed by atoms with van der Waals surface area (Å²) in [6.45, 7) is 12.5. The average molecular weight is 358 g/mol. The standard InChI is InChI=1S/C21H27O3P/c1-7-23-17(6)24-18-8-9-19(14(3)12-18)25-21(22)20-15(4)10-13(2)11-16(20)5/h8-12,17,25H,7H2,1-6H3. The maximum Gasteiger partial charge on any atom is 0.196 e. The Balaban J connectivity index is 2.17. The first kappa shape index (κ1) is 19.6. The van der Waals surface area contributed by atoms with Crippen LogP contribution >= 0.6 is 8.58 Å². The highest BCUT2D eigenvalue weighted by atomic mass is 31.1. The summed E-state index contributed by atoms with van der Waals surface area (Å²) in [4.78, 5) is 12.8. The van der Waals surface area contributed by atoms with E-state index in [0.717, 1.165) is 33.3 Å². The highest BCUT2D eigenvalue weighted by Gasteiger charge is 2.15. The van der Waals surface area contributed by atoms with E-state index < -0.39 is 0 Å². The minimum Gasteiger partial charge on any atom is -0.465 e. The number of carbonyl (C=O) groups excluding carboxylic acids is 1. The van der Waals surface area contributed by atoms with Crippen molar-refractivity contribution >= 4 is 19.4 Å². The molecule has 0 heterocycles. The second-order valence-electron chi connectivity index (χ2n) is 6.35. The molecule has 0 fully saturated rings. The first-order valence-corrected chi connectivity index (χ1v) is 9.60. The van der Waals surface area contributed by atoms with Crippen LogP contribution in [0.3, 0.4) is 0 Å². The Morgan fingerprint density at radius 1 is 1.04 bits per heavy atom. The summed E-state index contributed by atoms with van der Waals surface area (Å²) in [6, 6.07) is 10.0. The molecule has 3 nitrogen and oxygen atoms in total. The molecule has 0 aliphatic heterocycles. The van der Waals surface area contributed by atoms with E-state index in [-0.39, 0.29) is 20.4 Å². The van der Waals surface area contributed by atoms with Crippen LogP contribution in [0.15, 0.2) is 30.3 Å². The average Bonchev–Trinajstić information content (AvgIpc) is 2.49. The van der Waals surface area contributed by atoms with Gasteiger partial charge in [0.1, 0.15) is 5.75 Å². The summed E-state index contributed by atoms with van der Waals surface area (Å²) in [5.74, 6) is 0.766. The number of benzene rings is 2. The van der Waals surface area contributed by atoms with Gasteiger partial charge in [0.15, 0.2) is 11.8 Å². The van der Waals surface area contributed by atoms with Crippen LogP contribution in [0.1, 0.15) is 46.5 Å². The highest BCUT2D eigenvalue weighted by molar-refractivity contribution is 7.66. The first-order chi connectivity index (χ1) is 11.8. The van der Waals surface area contributed by atoms with E-state index >= 15 is 0 Å². The smallest absolute Gasteiger partial charge is 0.196 e. The molecule has 0 aromatic heterocycles. The van der Waals surface area contributed by atoms with E-state index in [9.17, 15) is 4.79 Å². The number of hydrogen-bond acceptors (Lipinski definition) is 3. The van der Waals surface area contributed by atoms with E-state index in [1.165, 1.54) is 5.56 Å². The van der Waals surface area contributed by atoms with E-state index in [1.807, 2.05) is 52.8 Å². The second-order valence-corrected chi connectivity index (χ2v) is 7.59. The SMILES string of the molecule is CCOC(C)Oc1ccc(PC(=O)c2c(C)cc(C)cc2C)c(C)c1. The van der Waals surface area contributed by atoms with Crippen molar-refractivity contribution in [3.8, 4) is 5.75 Å². The molecule has 0 saturated heterocycles. The Kier molecular flexibility index (Phi) is 6.75. The van der Waals surface area contributed by atoms with E-state index in [2.05, 4.69) is 19.1 Å². The number of rotatable bonds is 7. The van der Waals surface area contributed by atoms with Crippen molar-refractivity contribution in [2.24, 2.45) is 0 Å². The zero-order valence-electron chi connectivity index (χ0n) is 15.9. The third-order valence-electron chi connectivity index (χ3n) is 4.05. The van der Waals surface area contributed by atoms with Gasteiger partial charge >= 0.3 is 0 Å². The van der Waals surface area contributed by atoms with Gasteiger partial charge < -0.3 is 9.47 Å². The Morgan fingerprint density at radius 3 is 2.24 bits per heavy atom. The van der Waals surface area contributed by atoms with Gasteiger partial charge in [0.2, 0.25) is 0 Å². The lowest BCUT2D eigenvalue weighted by molar-refractivity contribution is -0.0613. The lowest BCUT2D eigenvalue weighted by atomic mass is 10.0. The van der Waals surface area contributed by atoms with E-state index in [4.69, 9.17) is 9.47 Å². The molecule has 0 saturated carbocycles. The molecule has 4 heteroatoms. The van der Waals surface area contributed by atoms with Gasteiger partial charge in [-0.25, -0.2) is 0 Å². The van der Waals surface area contributed by atoms with Gasteiger partial charge in [0.25, 0.3) is 0 Å². The molecule has 0 aliphatic rings. The number of ether oxygens (including phenoxy) is 2. The molecule has 0 aliphatic carbocycles. The molecule has 2 aromatic rings. The Morgan fingerprint density at radius 2 is 1.68 bits per heavy atom. The van der Waals surface area contributed by atoms with Crippen LogP contribution in [-0.2, 0) is 4.74 Å². The predicted molar refractivity (Wildman–Crippen MR) is 106 cm³/mol. The van der Waals surface area contributed by atoms with Gasteiger partial charge in [-0.05, 0) is 84.3 Å². The van der Waals surface area contributed by atoms with Crippen LogP contribution in [-0.4, -0.2) is 18.4 Å². The fourth-order valence-electron chi connectivity index (χ4n) is 3.03. The molecular weight excluding hydrogens is 331 g/mol. The normalized spacial score (nSPS) is 12.6. The fraction of sp³-hybridized carbons (Fsp3) is 0.381. The molecule has 0 N–H and O–H groups in total. The van der Waals surface area contributed by atoms with E-state index in [0.29, 0.717) is 6.61 Å². The molecular formula is C21H27O3P. The topological polar surface area (TPSA) is 35.5 Å². The summed E-state index contributed by atoms with van der Waals surface area (Å²) in [5, 5.41) is 1.06. The minimum atomic E-state index is -0.280. The zero-order valence-corrected chi connectivity index (χ0v) is 16.9. The van der Waals surface area contributed by atoms with Crippen molar-refractivity contribution in [2.75, 3.05) is 6.61 Å². The molecule has 2 unspecified atom stereocenters. The quantitative estimate of drug-likeness (QED) is 0.525. The number of aryl methyl sites for hydroxylation is 4. The monoisotopic (exact) mass is 358 g/mol. The van der Waals surface area contributed by atoms with Gasteiger partial charge in [0.05, 0.1) is 0 Å². The zero-order chi connectivity index (χ0) is 18.6. The number of hydrogen-bond donors (Lipinski definition) is 0. The molecule has 0 bridgehead atoms. The van der Waals surface area contributed by atoms with Crippen LogP contribution < -0.4 is 10.0 Å². The molecule has 0 spiro atoms. The highest BCUT2D eigenvalue weighted by Crippen LogP contribution is 2.27. The van der Waals surface area contributed by atoms with Gasteiger partial charge in [0, 0.05) is 12.2 Å². The van der Waals surface area contributed by atoms with Gasteiger partial charge in [-0.15, -0.1) is 0 Å². The predicted octanol–water partition coefficient (Wildman–Crippen LogP) is 4.83. The van der Waals surface area contributed by atoms with Gasteiger partial charge in [-0.2, -0.15) is 0 Å². The van der Waals surface area contributed by atoms with Crippen LogP contribution in [0.5, 0.6) is 5.75 Å².